The smallest absolute Gasteiger partial charge is 0.320 e. The third-order valence-corrected chi connectivity index (χ3v) is 5.95. The first-order valence-corrected chi connectivity index (χ1v) is 11.0. The lowest BCUT2D eigenvalue weighted by Gasteiger charge is -2.21. The van der Waals surface area contributed by atoms with E-state index in [9.17, 15) is 23.6 Å². The SMILES string of the molecule is COCCN1C[C@@H](NC(=O)Nc2c(C#N)c(=O)[nH]n2-c2ccccc2)[C@H](c2ccc(F)c(F)c2)C1. The number of hydrogen-bond donors (Lipinski definition) is 3. The topological polar surface area (TPSA) is 115 Å². The molecule has 1 aromatic heterocycles. The van der Waals surface area contributed by atoms with Crippen molar-refractivity contribution >= 4 is 11.8 Å². The van der Waals surface area contributed by atoms with Gasteiger partial charge in [-0.1, -0.05) is 24.3 Å². The number of aromatic nitrogens is 2. The van der Waals surface area contributed by atoms with E-state index in [0.717, 1.165) is 12.1 Å². The fourth-order valence-electron chi connectivity index (χ4n) is 4.25. The van der Waals surface area contributed by atoms with Crippen molar-refractivity contribution in [3.05, 3.63) is 81.6 Å². The molecular weight excluding hydrogens is 458 g/mol. The summed E-state index contributed by atoms with van der Waals surface area (Å²) in [5.41, 5.74) is 0.217. The van der Waals surface area contributed by atoms with Crippen molar-refractivity contribution < 1.29 is 18.3 Å². The van der Waals surface area contributed by atoms with Crippen LogP contribution < -0.4 is 16.2 Å². The number of benzene rings is 2. The van der Waals surface area contributed by atoms with Crippen LogP contribution in [0.1, 0.15) is 17.0 Å². The molecule has 182 valence electrons. The molecule has 0 aliphatic carbocycles. The molecule has 3 N–H and O–H groups in total. The number of nitrogens with one attached hydrogen (secondary N) is 3. The Morgan fingerprint density at radius 1 is 1.20 bits per heavy atom. The second-order valence-corrected chi connectivity index (χ2v) is 8.18. The Kier molecular flexibility index (Phi) is 7.24. The second-order valence-electron chi connectivity index (χ2n) is 8.18. The van der Waals surface area contributed by atoms with Gasteiger partial charge in [0, 0.05) is 32.7 Å². The van der Waals surface area contributed by atoms with Crippen molar-refractivity contribution in [3.8, 4) is 11.8 Å². The number of carbonyl (C=O) groups is 1. The summed E-state index contributed by atoms with van der Waals surface area (Å²) in [6, 6.07) is 13.2. The Bertz CT molecular complexity index is 1300. The van der Waals surface area contributed by atoms with Crippen molar-refractivity contribution in [2.75, 3.05) is 38.7 Å². The van der Waals surface area contributed by atoms with Crippen molar-refractivity contribution in [3.63, 3.8) is 0 Å². The van der Waals surface area contributed by atoms with E-state index in [4.69, 9.17) is 4.74 Å². The average molecular weight is 482 g/mol. The van der Waals surface area contributed by atoms with Gasteiger partial charge in [0.15, 0.2) is 23.0 Å². The van der Waals surface area contributed by atoms with Gasteiger partial charge >= 0.3 is 6.03 Å². The van der Waals surface area contributed by atoms with E-state index >= 15 is 0 Å². The summed E-state index contributed by atoms with van der Waals surface area (Å²) >= 11 is 0. The van der Waals surface area contributed by atoms with Gasteiger partial charge in [0.1, 0.15) is 6.07 Å². The number of nitriles is 1. The maximum absolute atomic E-state index is 13.9. The number of likely N-dealkylation sites (tertiary alicyclic amines) is 1. The zero-order chi connectivity index (χ0) is 24.9. The summed E-state index contributed by atoms with van der Waals surface area (Å²) in [4.78, 5) is 27.3. The summed E-state index contributed by atoms with van der Waals surface area (Å²) in [7, 11) is 1.59. The molecule has 2 amide bonds. The highest BCUT2D eigenvalue weighted by Crippen LogP contribution is 2.29. The highest BCUT2D eigenvalue weighted by molar-refractivity contribution is 5.90. The van der Waals surface area contributed by atoms with Crippen LogP contribution in [0.4, 0.5) is 19.4 Å². The van der Waals surface area contributed by atoms with Gasteiger partial charge in [0.25, 0.3) is 5.56 Å². The molecule has 35 heavy (non-hydrogen) atoms. The van der Waals surface area contributed by atoms with Gasteiger partial charge in [-0.15, -0.1) is 0 Å². The number of para-hydroxylation sites is 1. The number of hydrogen-bond acceptors (Lipinski definition) is 5. The molecule has 0 unspecified atom stereocenters. The molecule has 3 aromatic rings. The zero-order valence-corrected chi connectivity index (χ0v) is 18.9. The van der Waals surface area contributed by atoms with Gasteiger partial charge in [-0.05, 0) is 29.8 Å². The van der Waals surface area contributed by atoms with E-state index in [2.05, 4.69) is 20.6 Å². The number of H-pyrrole nitrogens is 1. The second kappa shape index (κ2) is 10.5. The highest BCUT2D eigenvalue weighted by Gasteiger charge is 2.35. The average Bonchev–Trinajstić information content (AvgIpc) is 3.39. The number of methoxy groups -OCH3 is 1. The summed E-state index contributed by atoms with van der Waals surface area (Å²) < 4.78 is 33.9. The first-order chi connectivity index (χ1) is 16.9. The predicted molar refractivity (Wildman–Crippen MR) is 124 cm³/mol. The Morgan fingerprint density at radius 2 is 1.97 bits per heavy atom. The molecule has 2 atom stereocenters. The fourth-order valence-corrected chi connectivity index (χ4v) is 4.25. The van der Waals surface area contributed by atoms with Crippen LogP contribution in [0.15, 0.2) is 53.3 Å². The summed E-state index contributed by atoms with van der Waals surface area (Å²) in [6.07, 6.45) is 0. The normalized spacial score (nSPS) is 17.8. The van der Waals surface area contributed by atoms with Gasteiger partial charge in [0.2, 0.25) is 0 Å². The highest BCUT2D eigenvalue weighted by atomic mass is 19.2. The van der Waals surface area contributed by atoms with E-state index in [1.807, 2.05) is 6.07 Å². The fraction of sp³-hybridized carbons (Fsp3) is 0.292. The molecule has 11 heteroatoms. The van der Waals surface area contributed by atoms with Crippen LogP contribution in [0.25, 0.3) is 5.69 Å². The molecule has 0 saturated carbocycles. The Morgan fingerprint density at radius 3 is 2.66 bits per heavy atom. The van der Waals surface area contributed by atoms with Gasteiger partial charge in [-0.25, -0.2) is 18.3 Å². The van der Waals surface area contributed by atoms with Crippen LogP contribution in [-0.4, -0.2) is 60.1 Å². The van der Waals surface area contributed by atoms with E-state index in [-0.39, 0.29) is 17.3 Å². The summed E-state index contributed by atoms with van der Waals surface area (Å²) in [5, 5.41) is 17.5. The number of urea groups is 1. The third kappa shape index (κ3) is 5.24. The summed E-state index contributed by atoms with van der Waals surface area (Å²) in [5.74, 6) is -2.22. The van der Waals surface area contributed by atoms with Gasteiger partial charge < -0.3 is 10.1 Å². The van der Waals surface area contributed by atoms with Crippen LogP contribution >= 0.6 is 0 Å². The standard InChI is InChI=1S/C24H24F2N6O3/c1-35-10-9-31-13-18(15-7-8-19(25)20(26)11-15)21(14-31)28-24(34)29-22-17(12-27)23(33)30-32(22)16-5-3-2-4-6-16/h2-8,11,18,21H,9-10,13-14H2,1H3,(H,30,33)(H2,28,29,34)/t18-,21+/m0/s1. The summed E-state index contributed by atoms with van der Waals surface area (Å²) in [6.45, 7) is 2.02. The first-order valence-electron chi connectivity index (χ1n) is 11.0. The number of halogens is 2. The molecule has 0 bridgehead atoms. The quantitative estimate of drug-likeness (QED) is 0.479. The number of amides is 2. The molecule has 2 heterocycles. The molecule has 1 aliphatic heterocycles. The van der Waals surface area contributed by atoms with Crippen molar-refractivity contribution in [1.29, 1.82) is 5.26 Å². The van der Waals surface area contributed by atoms with Crippen molar-refractivity contribution in [1.82, 2.24) is 20.0 Å². The van der Waals surface area contributed by atoms with Crippen LogP contribution in [-0.2, 0) is 4.74 Å². The monoisotopic (exact) mass is 482 g/mol. The molecule has 2 aromatic carbocycles. The van der Waals surface area contributed by atoms with Crippen LogP contribution in [0.2, 0.25) is 0 Å². The number of anilines is 1. The van der Waals surface area contributed by atoms with Crippen molar-refractivity contribution in [2.24, 2.45) is 0 Å². The Balaban J connectivity index is 1.58. The maximum atomic E-state index is 13.9. The molecule has 4 rings (SSSR count). The van der Waals surface area contributed by atoms with Crippen LogP contribution in [0, 0.1) is 23.0 Å². The third-order valence-electron chi connectivity index (χ3n) is 5.95. The number of carbonyl (C=O) groups excluding carboxylic acids is 1. The lowest BCUT2D eigenvalue weighted by molar-refractivity contribution is 0.159. The zero-order valence-electron chi connectivity index (χ0n) is 18.9. The molecule has 0 spiro atoms. The molecule has 0 radical (unpaired) electrons. The largest absolute Gasteiger partial charge is 0.383 e. The van der Waals surface area contributed by atoms with Crippen LogP contribution in [0.3, 0.4) is 0 Å². The predicted octanol–water partition coefficient (Wildman–Crippen LogP) is 2.55. The minimum absolute atomic E-state index is 0.000173. The molecule has 1 saturated heterocycles. The van der Waals surface area contributed by atoms with Crippen LogP contribution in [0.5, 0.6) is 0 Å². The number of nitrogens with zero attached hydrogens (tertiary/aromatic N) is 3. The first kappa shape index (κ1) is 24.1. The lowest BCUT2D eigenvalue weighted by atomic mass is 9.94. The van der Waals surface area contributed by atoms with Crippen molar-refractivity contribution in [2.45, 2.75) is 12.0 Å². The number of aromatic amines is 1. The van der Waals surface area contributed by atoms with E-state index in [0.29, 0.717) is 37.5 Å². The van der Waals surface area contributed by atoms with Gasteiger partial charge in [0.05, 0.1) is 18.3 Å². The molecule has 1 aliphatic rings. The maximum Gasteiger partial charge on any atom is 0.320 e. The Hall–Kier alpha value is -4.01. The molecule has 1 fully saturated rings. The van der Waals surface area contributed by atoms with E-state index in [1.54, 1.807) is 37.4 Å². The minimum Gasteiger partial charge on any atom is -0.383 e. The van der Waals surface area contributed by atoms with Gasteiger partial charge in [-0.3, -0.25) is 20.1 Å². The van der Waals surface area contributed by atoms with E-state index < -0.39 is 29.3 Å². The number of rotatable bonds is 7. The number of ether oxygens (including phenoxy) is 1. The van der Waals surface area contributed by atoms with E-state index in [1.165, 1.54) is 10.7 Å². The van der Waals surface area contributed by atoms with Gasteiger partial charge in [-0.2, -0.15) is 5.26 Å². The molecular formula is C24H24F2N6O3. The minimum atomic E-state index is -0.959. The Labute approximate surface area is 199 Å². The lowest BCUT2D eigenvalue weighted by Crippen LogP contribution is -2.42. The molecule has 9 nitrogen and oxygen atoms in total.